The summed E-state index contributed by atoms with van der Waals surface area (Å²) in [5.74, 6) is 1.19. The third-order valence-electron chi connectivity index (χ3n) is 3.76. The summed E-state index contributed by atoms with van der Waals surface area (Å²) in [5.41, 5.74) is 0.838. The number of nitrogens with one attached hydrogen (secondary N) is 1. The van der Waals surface area contributed by atoms with Crippen LogP contribution in [0.1, 0.15) is 24.9 Å². The minimum absolute atomic E-state index is 0.0519. The highest BCUT2D eigenvalue weighted by molar-refractivity contribution is 7.99. The number of hydrogen-bond acceptors (Lipinski definition) is 4. The van der Waals surface area contributed by atoms with E-state index in [1.165, 1.54) is 12.1 Å². The van der Waals surface area contributed by atoms with Crippen molar-refractivity contribution in [3.8, 4) is 5.75 Å². The van der Waals surface area contributed by atoms with Gasteiger partial charge in [0.15, 0.2) is 0 Å². The molecule has 0 radical (unpaired) electrons. The molecule has 0 saturated heterocycles. The number of halogens is 1. The number of benzene rings is 2. The normalized spacial score (nSPS) is 17.2. The third-order valence-corrected chi connectivity index (χ3v) is 6.17. The molecule has 2 aromatic rings. The molecule has 0 bridgehead atoms. The minimum atomic E-state index is -3.72. The highest BCUT2D eigenvalue weighted by Crippen LogP contribution is 2.40. The number of para-hydroxylation sites is 1. The van der Waals surface area contributed by atoms with Crippen LogP contribution >= 0.6 is 11.8 Å². The van der Waals surface area contributed by atoms with Gasteiger partial charge < -0.3 is 4.74 Å². The predicted octanol–water partition coefficient (Wildman–Crippen LogP) is 3.74. The molecule has 0 spiro atoms. The van der Waals surface area contributed by atoms with Crippen LogP contribution in [0.4, 0.5) is 4.39 Å². The number of fused-ring (bicyclic) bond motifs is 1. The summed E-state index contributed by atoms with van der Waals surface area (Å²) in [4.78, 5) is 1.07. The molecule has 0 saturated carbocycles. The Morgan fingerprint density at radius 3 is 2.71 bits per heavy atom. The number of thioether (sulfide) groups is 1. The average molecular weight is 367 g/mol. The van der Waals surface area contributed by atoms with Crippen LogP contribution in [0.15, 0.2) is 52.3 Å². The Morgan fingerprint density at radius 1 is 1.25 bits per heavy atom. The zero-order valence-corrected chi connectivity index (χ0v) is 14.8. The number of sulfonamides is 1. The maximum absolute atomic E-state index is 13.0. The van der Waals surface area contributed by atoms with E-state index in [9.17, 15) is 12.8 Å². The first-order valence-corrected chi connectivity index (χ1v) is 10.1. The van der Waals surface area contributed by atoms with Crippen molar-refractivity contribution < 1.29 is 17.5 Å². The monoisotopic (exact) mass is 367 g/mol. The first-order chi connectivity index (χ1) is 11.5. The van der Waals surface area contributed by atoms with Gasteiger partial charge in [-0.1, -0.05) is 19.1 Å². The van der Waals surface area contributed by atoms with E-state index >= 15 is 0 Å². The summed E-state index contributed by atoms with van der Waals surface area (Å²) in [6, 6.07) is 10.2. The van der Waals surface area contributed by atoms with E-state index in [0.717, 1.165) is 34.1 Å². The van der Waals surface area contributed by atoms with Crippen molar-refractivity contribution in [1.29, 1.82) is 0 Å². The van der Waals surface area contributed by atoms with E-state index in [1.807, 2.05) is 18.2 Å². The molecule has 24 heavy (non-hydrogen) atoms. The average Bonchev–Trinajstić information content (AvgIpc) is 2.56. The smallest absolute Gasteiger partial charge is 0.241 e. The molecule has 1 aliphatic heterocycles. The van der Waals surface area contributed by atoms with Gasteiger partial charge in [-0.3, -0.25) is 0 Å². The Kier molecular flexibility index (Phi) is 5.12. The lowest BCUT2D eigenvalue weighted by Gasteiger charge is -2.28. The SMILES string of the molecule is CCSc1cccc2c1OCCC2NS(=O)(=O)c1ccc(F)cc1. The maximum Gasteiger partial charge on any atom is 0.241 e. The molecule has 1 unspecified atom stereocenters. The third kappa shape index (κ3) is 3.58. The summed E-state index contributed by atoms with van der Waals surface area (Å²) < 4.78 is 46.6. The van der Waals surface area contributed by atoms with E-state index in [-0.39, 0.29) is 10.9 Å². The van der Waals surface area contributed by atoms with E-state index in [1.54, 1.807) is 11.8 Å². The van der Waals surface area contributed by atoms with Crippen molar-refractivity contribution in [2.24, 2.45) is 0 Å². The first kappa shape index (κ1) is 17.3. The van der Waals surface area contributed by atoms with Gasteiger partial charge in [-0.05, 0) is 36.1 Å². The van der Waals surface area contributed by atoms with Gasteiger partial charge in [-0.25, -0.2) is 17.5 Å². The molecule has 1 heterocycles. The molecule has 0 aromatic heterocycles. The topological polar surface area (TPSA) is 55.4 Å². The Hall–Kier alpha value is -1.57. The lowest BCUT2D eigenvalue weighted by Crippen LogP contribution is -2.32. The molecule has 1 aliphatic rings. The summed E-state index contributed by atoms with van der Waals surface area (Å²) in [6.45, 7) is 2.51. The minimum Gasteiger partial charge on any atom is -0.492 e. The summed E-state index contributed by atoms with van der Waals surface area (Å²) >= 11 is 1.66. The Morgan fingerprint density at radius 2 is 2.00 bits per heavy atom. The van der Waals surface area contributed by atoms with Crippen LogP contribution in [0.2, 0.25) is 0 Å². The molecule has 7 heteroatoms. The second-order valence-electron chi connectivity index (χ2n) is 5.37. The number of hydrogen-bond donors (Lipinski definition) is 1. The summed E-state index contributed by atoms with van der Waals surface area (Å²) in [7, 11) is -3.72. The molecule has 3 rings (SSSR count). The Labute approximate surface area is 145 Å². The van der Waals surface area contributed by atoms with Crippen LogP contribution in [0.25, 0.3) is 0 Å². The molecule has 1 N–H and O–H groups in total. The highest BCUT2D eigenvalue weighted by atomic mass is 32.2. The first-order valence-electron chi connectivity index (χ1n) is 7.67. The van der Waals surface area contributed by atoms with Crippen LogP contribution in [-0.4, -0.2) is 20.8 Å². The molecular weight excluding hydrogens is 349 g/mol. The van der Waals surface area contributed by atoms with Gasteiger partial charge in [-0.2, -0.15) is 0 Å². The van der Waals surface area contributed by atoms with Crippen LogP contribution in [-0.2, 0) is 10.0 Å². The molecule has 128 valence electrons. The second-order valence-corrected chi connectivity index (χ2v) is 8.39. The fraction of sp³-hybridized carbons (Fsp3) is 0.294. The van der Waals surface area contributed by atoms with Crippen LogP contribution < -0.4 is 9.46 Å². The van der Waals surface area contributed by atoms with Crippen LogP contribution in [0.5, 0.6) is 5.75 Å². The van der Waals surface area contributed by atoms with Crippen molar-refractivity contribution >= 4 is 21.8 Å². The Balaban J connectivity index is 1.90. The molecule has 1 atom stereocenters. The fourth-order valence-electron chi connectivity index (χ4n) is 2.66. The van der Waals surface area contributed by atoms with Gasteiger partial charge in [0.25, 0.3) is 0 Å². The van der Waals surface area contributed by atoms with Gasteiger partial charge in [0.1, 0.15) is 11.6 Å². The van der Waals surface area contributed by atoms with Crippen molar-refractivity contribution in [2.75, 3.05) is 12.4 Å². The molecule has 0 aliphatic carbocycles. The van der Waals surface area contributed by atoms with E-state index in [4.69, 9.17) is 4.74 Å². The molecule has 0 fully saturated rings. The van der Waals surface area contributed by atoms with Crippen LogP contribution in [0.3, 0.4) is 0 Å². The highest BCUT2D eigenvalue weighted by Gasteiger charge is 2.28. The zero-order chi connectivity index (χ0) is 17.2. The molecular formula is C17H18FNO3S2. The largest absolute Gasteiger partial charge is 0.492 e. The summed E-state index contributed by atoms with van der Waals surface area (Å²) in [5, 5.41) is 0. The zero-order valence-electron chi connectivity index (χ0n) is 13.2. The van der Waals surface area contributed by atoms with E-state index in [0.29, 0.717) is 13.0 Å². The van der Waals surface area contributed by atoms with Gasteiger partial charge >= 0.3 is 0 Å². The molecule has 2 aromatic carbocycles. The molecule has 0 amide bonds. The Bertz CT molecular complexity index is 822. The van der Waals surface area contributed by atoms with Gasteiger partial charge in [0.05, 0.1) is 17.5 Å². The van der Waals surface area contributed by atoms with Crippen molar-refractivity contribution in [3.05, 3.63) is 53.8 Å². The van der Waals surface area contributed by atoms with E-state index in [2.05, 4.69) is 11.6 Å². The van der Waals surface area contributed by atoms with Crippen molar-refractivity contribution in [2.45, 2.75) is 29.2 Å². The van der Waals surface area contributed by atoms with Gasteiger partial charge in [-0.15, -0.1) is 11.8 Å². The number of ether oxygens (including phenoxy) is 1. The van der Waals surface area contributed by atoms with E-state index < -0.39 is 15.8 Å². The fourth-order valence-corrected chi connectivity index (χ4v) is 4.70. The summed E-state index contributed by atoms with van der Waals surface area (Å²) in [6.07, 6.45) is 0.549. The quantitative estimate of drug-likeness (QED) is 0.818. The molecule has 4 nitrogen and oxygen atoms in total. The van der Waals surface area contributed by atoms with Crippen molar-refractivity contribution in [3.63, 3.8) is 0 Å². The standard InChI is InChI=1S/C17H18FNO3S2/c1-2-23-16-5-3-4-14-15(10-11-22-17(14)16)19-24(20,21)13-8-6-12(18)7-9-13/h3-9,15,19H,2,10-11H2,1H3. The lowest BCUT2D eigenvalue weighted by molar-refractivity contribution is 0.256. The second kappa shape index (κ2) is 7.13. The van der Waals surface area contributed by atoms with Gasteiger partial charge in [0, 0.05) is 16.9 Å². The van der Waals surface area contributed by atoms with Crippen LogP contribution in [0, 0.1) is 5.82 Å². The predicted molar refractivity (Wildman–Crippen MR) is 92.4 cm³/mol. The van der Waals surface area contributed by atoms with Crippen molar-refractivity contribution in [1.82, 2.24) is 4.72 Å². The number of rotatable bonds is 5. The van der Waals surface area contributed by atoms with Gasteiger partial charge in [0.2, 0.25) is 10.0 Å². The lowest BCUT2D eigenvalue weighted by atomic mass is 10.0. The maximum atomic E-state index is 13.0.